The number of sulfonamides is 1. The van der Waals surface area contributed by atoms with Crippen LogP contribution < -0.4 is 16.4 Å². The van der Waals surface area contributed by atoms with Crippen molar-refractivity contribution < 1.29 is 26.7 Å². The molecular formula is C30H37ClF2N4O4S. The minimum Gasteiger partial charge on any atom is -0.456 e. The first-order valence-corrected chi connectivity index (χ1v) is 15.1. The highest BCUT2D eigenvalue weighted by Gasteiger charge is 2.28. The molecule has 4 N–H and O–H groups in total. The zero-order valence-electron chi connectivity index (χ0n) is 23.4. The summed E-state index contributed by atoms with van der Waals surface area (Å²) in [5, 5.41) is 6.38. The number of benzene rings is 3. The number of hydrogen-bond acceptors (Lipinski definition) is 7. The van der Waals surface area contributed by atoms with Crippen LogP contribution in [-0.2, 0) is 34.1 Å². The first-order valence-electron chi connectivity index (χ1n) is 13.7. The van der Waals surface area contributed by atoms with Gasteiger partial charge in [0.2, 0.25) is 10.0 Å². The van der Waals surface area contributed by atoms with E-state index >= 15 is 0 Å². The maximum absolute atomic E-state index is 13.8. The highest BCUT2D eigenvalue weighted by Crippen LogP contribution is 2.19. The van der Waals surface area contributed by atoms with Crippen molar-refractivity contribution in [2.45, 2.75) is 43.4 Å². The van der Waals surface area contributed by atoms with E-state index in [0.29, 0.717) is 38.3 Å². The largest absolute Gasteiger partial charge is 0.456 e. The van der Waals surface area contributed by atoms with Crippen molar-refractivity contribution in [1.82, 2.24) is 14.9 Å². The molecule has 3 aromatic rings. The number of nitrogens with zero attached hydrogens (tertiary/aromatic N) is 1. The standard InChI is InChI=1S/C30H36F2N4O4S.ClH/c1-2-21-5-3-6-22(13-21)19-35-20-29(28(33)16-23-14-25(31)18-26(32)15-23)40-30(37)24-7-4-8-27(17-24)41(38,39)36-11-9-34-10-12-36;/h3-8,13-15,17-18,28-29,34-35H,2,9-12,16,19-20,33H2,1H3;1H. The topological polar surface area (TPSA) is 114 Å². The zero-order valence-corrected chi connectivity index (χ0v) is 25.0. The van der Waals surface area contributed by atoms with Crippen molar-refractivity contribution >= 4 is 28.4 Å². The van der Waals surface area contributed by atoms with E-state index in [1.54, 1.807) is 0 Å². The van der Waals surface area contributed by atoms with E-state index in [2.05, 4.69) is 23.6 Å². The van der Waals surface area contributed by atoms with Gasteiger partial charge in [-0.25, -0.2) is 22.0 Å². The zero-order chi connectivity index (χ0) is 29.4. The maximum Gasteiger partial charge on any atom is 0.338 e. The molecule has 0 aromatic heterocycles. The van der Waals surface area contributed by atoms with E-state index in [1.165, 1.54) is 46.3 Å². The van der Waals surface area contributed by atoms with Gasteiger partial charge in [-0.05, 0) is 59.9 Å². The highest BCUT2D eigenvalue weighted by atomic mass is 35.5. The number of carbonyl (C=O) groups excluding carboxylic acids is 1. The summed E-state index contributed by atoms with van der Waals surface area (Å²) >= 11 is 0. The van der Waals surface area contributed by atoms with Crippen LogP contribution in [0.2, 0.25) is 0 Å². The molecule has 1 aliphatic rings. The van der Waals surface area contributed by atoms with Gasteiger partial charge in [0, 0.05) is 51.4 Å². The van der Waals surface area contributed by atoms with Gasteiger partial charge < -0.3 is 21.1 Å². The Labute approximate surface area is 252 Å². The molecule has 2 atom stereocenters. The van der Waals surface area contributed by atoms with Gasteiger partial charge in [-0.15, -0.1) is 12.4 Å². The van der Waals surface area contributed by atoms with Crippen molar-refractivity contribution in [1.29, 1.82) is 0 Å². The summed E-state index contributed by atoms with van der Waals surface area (Å²) in [5.41, 5.74) is 9.05. The second-order valence-electron chi connectivity index (χ2n) is 10.1. The number of hydrogen-bond donors (Lipinski definition) is 3. The molecule has 228 valence electrons. The van der Waals surface area contributed by atoms with Gasteiger partial charge >= 0.3 is 5.97 Å². The molecule has 0 bridgehead atoms. The SMILES string of the molecule is CCc1cccc(CNCC(OC(=O)c2cccc(S(=O)(=O)N3CCNCC3)c2)C(N)Cc2cc(F)cc(F)c2)c1.Cl. The summed E-state index contributed by atoms with van der Waals surface area (Å²) in [7, 11) is -3.78. The fraction of sp³-hybridized carbons (Fsp3) is 0.367. The third kappa shape index (κ3) is 9.03. The van der Waals surface area contributed by atoms with E-state index in [-0.39, 0.29) is 35.8 Å². The number of rotatable bonds is 12. The number of nitrogens with two attached hydrogens (primary N) is 1. The molecule has 42 heavy (non-hydrogen) atoms. The van der Waals surface area contributed by atoms with Gasteiger partial charge in [0.25, 0.3) is 0 Å². The molecule has 2 unspecified atom stereocenters. The lowest BCUT2D eigenvalue weighted by atomic mass is 10.0. The molecule has 1 aliphatic heterocycles. The van der Waals surface area contributed by atoms with Gasteiger partial charge in [-0.3, -0.25) is 0 Å². The lowest BCUT2D eigenvalue weighted by molar-refractivity contribution is 0.0238. The third-order valence-electron chi connectivity index (χ3n) is 6.99. The first-order chi connectivity index (χ1) is 19.7. The molecule has 1 heterocycles. The number of piperazine rings is 1. The number of halogens is 3. The Bertz CT molecular complexity index is 1430. The Balaban J connectivity index is 0.00000484. The molecule has 0 radical (unpaired) electrons. The smallest absolute Gasteiger partial charge is 0.338 e. The van der Waals surface area contributed by atoms with Crippen LogP contribution >= 0.6 is 12.4 Å². The Kier molecular flexibility index (Phi) is 12.4. The maximum atomic E-state index is 13.8. The number of ether oxygens (including phenoxy) is 1. The van der Waals surface area contributed by atoms with Crippen LogP contribution in [0.5, 0.6) is 0 Å². The van der Waals surface area contributed by atoms with Crippen molar-refractivity contribution in [2.24, 2.45) is 5.73 Å². The van der Waals surface area contributed by atoms with Crippen molar-refractivity contribution in [3.8, 4) is 0 Å². The molecule has 4 rings (SSSR count). The molecule has 0 spiro atoms. The van der Waals surface area contributed by atoms with E-state index in [4.69, 9.17) is 10.5 Å². The molecule has 0 aliphatic carbocycles. The predicted octanol–water partition coefficient (Wildman–Crippen LogP) is 3.43. The number of esters is 1. The van der Waals surface area contributed by atoms with Gasteiger partial charge in [-0.2, -0.15) is 4.31 Å². The minimum atomic E-state index is -3.78. The first kappa shape index (κ1) is 33.6. The van der Waals surface area contributed by atoms with Crippen LogP contribution in [0.25, 0.3) is 0 Å². The predicted molar refractivity (Wildman–Crippen MR) is 160 cm³/mol. The number of nitrogens with one attached hydrogen (secondary N) is 2. The minimum absolute atomic E-state index is 0. The molecular weight excluding hydrogens is 586 g/mol. The van der Waals surface area contributed by atoms with Crippen LogP contribution in [-0.4, -0.2) is 63.6 Å². The summed E-state index contributed by atoms with van der Waals surface area (Å²) in [5.74, 6) is -2.20. The van der Waals surface area contributed by atoms with Crippen LogP contribution in [0.1, 0.15) is 34.0 Å². The van der Waals surface area contributed by atoms with Gasteiger partial charge in [-0.1, -0.05) is 37.3 Å². The lowest BCUT2D eigenvalue weighted by Crippen LogP contribution is -2.46. The molecule has 1 fully saturated rings. The van der Waals surface area contributed by atoms with Gasteiger partial charge in [0.15, 0.2) is 0 Å². The normalized spacial score (nSPS) is 15.4. The third-order valence-corrected chi connectivity index (χ3v) is 8.88. The van der Waals surface area contributed by atoms with Gasteiger partial charge in [0.05, 0.1) is 10.5 Å². The summed E-state index contributed by atoms with van der Waals surface area (Å²) < 4.78 is 61.0. The molecule has 1 saturated heterocycles. The fourth-order valence-corrected chi connectivity index (χ4v) is 6.24. The fourth-order valence-electron chi connectivity index (χ4n) is 4.75. The Morgan fingerprint density at radius 2 is 1.67 bits per heavy atom. The van der Waals surface area contributed by atoms with Crippen LogP contribution in [0.3, 0.4) is 0 Å². The Hall–Kier alpha value is -2.93. The molecule has 0 saturated carbocycles. The quantitative estimate of drug-likeness (QED) is 0.265. The average molecular weight is 623 g/mol. The van der Waals surface area contributed by atoms with E-state index in [0.717, 1.165) is 18.1 Å². The second-order valence-corrected chi connectivity index (χ2v) is 12.0. The van der Waals surface area contributed by atoms with Crippen LogP contribution in [0.4, 0.5) is 8.78 Å². The summed E-state index contributed by atoms with van der Waals surface area (Å²) in [6.45, 7) is 4.49. The average Bonchev–Trinajstić information content (AvgIpc) is 2.96. The number of aryl methyl sites for hydroxylation is 1. The number of carbonyl (C=O) groups is 1. The van der Waals surface area contributed by atoms with Gasteiger partial charge in [0.1, 0.15) is 17.7 Å². The lowest BCUT2D eigenvalue weighted by Gasteiger charge is -2.27. The summed E-state index contributed by atoms with van der Waals surface area (Å²) in [4.78, 5) is 13.2. The molecule has 12 heteroatoms. The van der Waals surface area contributed by atoms with E-state index in [9.17, 15) is 22.0 Å². The van der Waals surface area contributed by atoms with Crippen LogP contribution in [0.15, 0.2) is 71.6 Å². The Morgan fingerprint density at radius 1 is 1.00 bits per heavy atom. The molecule has 3 aromatic carbocycles. The summed E-state index contributed by atoms with van der Waals surface area (Å²) in [6, 6.07) is 16.1. The second kappa shape index (κ2) is 15.5. The van der Waals surface area contributed by atoms with Crippen molar-refractivity contribution in [2.75, 3.05) is 32.7 Å². The van der Waals surface area contributed by atoms with Crippen molar-refractivity contribution in [3.63, 3.8) is 0 Å². The highest BCUT2D eigenvalue weighted by molar-refractivity contribution is 7.89. The monoisotopic (exact) mass is 622 g/mol. The van der Waals surface area contributed by atoms with E-state index < -0.39 is 39.8 Å². The van der Waals surface area contributed by atoms with E-state index in [1.807, 2.05) is 18.2 Å². The molecule has 0 amide bonds. The van der Waals surface area contributed by atoms with Crippen LogP contribution in [0, 0.1) is 11.6 Å². The Morgan fingerprint density at radius 3 is 2.36 bits per heavy atom. The summed E-state index contributed by atoms with van der Waals surface area (Å²) in [6.07, 6.45) is 0.0699. The van der Waals surface area contributed by atoms with Crippen molar-refractivity contribution in [3.05, 3.63) is 101 Å². The molecule has 8 nitrogen and oxygen atoms in total.